The average Bonchev–Trinajstić information content (AvgIpc) is 2.68. The van der Waals surface area contributed by atoms with E-state index in [2.05, 4.69) is 66.0 Å². The van der Waals surface area contributed by atoms with Crippen molar-refractivity contribution in [2.24, 2.45) is 0 Å². The van der Waals surface area contributed by atoms with Gasteiger partial charge in [0.25, 0.3) is 0 Å². The van der Waals surface area contributed by atoms with Crippen molar-refractivity contribution >= 4 is 23.5 Å². The number of ether oxygens (including phenoxy) is 2. The molecular weight excluding hydrogens is 348 g/mol. The Labute approximate surface area is 159 Å². The van der Waals surface area contributed by atoms with E-state index in [1.807, 2.05) is 6.07 Å². The molecule has 0 unspecified atom stereocenters. The van der Waals surface area contributed by atoms with Crippen LogP contribution in [0.2, 0.25) is 0 Å². The first-order valence-corrected chi connectivity index (χ1v) is 10.7. The van der Waals surface area contributed by atoms with Gasteiger partial charge in [-0.25, -0.2) is 0 Å². The molecule has 0 spiro atoms. The van der Waals surface area contributed by atoms with Gasteiger partial charge in [-0.3, -0.25) is 0 Å². The van der Waals surface area contributed by atoms with Crippen LogP contribution in [0.1, 0.15) is 24.0 Å². The number of methoxy groups -OCH3 is 2. The minimum atomic E-state index is 0.274. The fraction of sp³-hybridized carbons (Fsp3) is 0.429. The van der Waals surface area contributed by atoms with Crippen molar-refractivity contribution in [2.75, 3.05) is 25.7 Å². The summed E-state index contributed by atoms with van der Waals surface area (Å²) in [6.07, 6.45) is 4.70. The van der Waals surface area contributed by atoms with E-state index in [0.29, 0.717) is 0 Å². The summed E-state index contributed by atoms with van der Waals surface area (Å²) in [5, 5.41) is 0. The average molecular weight is 375 g/mol. The van der Waals surface area contributed by atoms with Crippen molar-refractivity contribution < 1.29 is 9.47 Å². The SMILES string of the molecule is COc1ccc(CC2(CCc3cccc(OC)c3)SCCCS2)cc1. The van der Waals surface area contributed by atoms with Gasteiger partial charge in [0.15, 0.2) is 0 Å². The van der Waals surface area contributed by atoms with Gasteiger partial charge in [-0.1, -0.05) is 24.3 Å². The zero-order valence-corrected chi connectivity index (χ0v) is 16.6. The molecular formula is C21H26O2S2. The third kappa shape index (κ3) is 5.11. The Hall–Kier alpha value is -1.26. The first kappa shape index (κ1) is 18.5. The summed E-state index contributed by atoms with van der Waals surface area (Å²) in [5.74, 6) is 4.41. The summed E-state index contributed by atoms with van der Waals surface area (Å²) in [5.41, 5.74) is 2.76. The minimum absolute atomic E-state index is 0.274. The van der Waals surface area contributed by atoms with Gasteiger partial charge in [-0.05, 0) is 72.6 Å². The molecule has 1 fully saturated rings. The van der Waals surface area contributed by atoms with Crippen molar-refractivity contribution in [3.05, 3.63) is 59.7 Å². The highest BCUT2D eigenvalue weighted by atomic mass is 32.2. The number of aryl methyl sites for hydroxylation is 1. The standard InChI is InChI=1S/C21H26O2S2/c1-22-19-9-7-18(8-10-19)16-21(24-13-4-14-25-21)12-11-17-5-3-6-20(15-17)23-2/h3,5-10,15H,4,11-14,16H2,1-2H3. The maximum atomic E-state index is 5.37. The molecule has 0 bridgehead atoms. The van der Waals surface area contributed by atoms with Gasteiger partial charge in [-0.15, -0.1) is 23.5 Å². The van der Waals surface area contributed by atoms with E-state index in [0.717, 1.165) is 24.3 Å². The smallest absolute Gasteiger partial charge is 0.119 e. The third-order valence-corrected chi connectivity index (χ3v) is 8.02. The molecule has 2 aromatic carbocycles. The van der Waals surface area contributed by atoms with Crippen LogP contribution in [0, 0.1) is 0 Å². The van der Waals surface area contributed by atoms with Crippen molar-refractivity contribution in [1.82, 2.24) is 0 Å². The summed E-state index contributed by atoms with van der Waals surface area (Å²) in [4.78, 5) is 0. The molecule has 0 N–H and O–H groups in total. The van der Waals surface area contributed by atoms with E-state index in [9.17, 15) is 0 Å². The van der Waals surface area contributed by atoms with Crippen LogP contribution in [-0.4, -0.2) is 29.8 Å². The number of hydrogen-bond donors (Lipinski definition) is 0. The second-order valence-corrected chi connectivity index (χ2v) is 9.55. The Bertz CT molecular complexity index is 664. The maximum absolute atomic E-state index is 5.37. The van der Waals surface area contributed by atoms with E-state index < -0.39 is 0 Å². The van der Waals surface area contributed by atoms with Crippen LogP contribution in [0.3, 0.4) is 0 Å². The third-order valence-electron chi connectivity index (χ3n) is 4.58. The first-order valence-electron chi connectivity index (χ1n) is 8.77. The number of benzene rings is 2. The highest BCUT2D eigenvalue weighted by molar-refractivity contribution is 8.18. The second-order valence-electron chi connectivity index (χ2n) is 6.34. The van der Waals surface area contributed by atoms with E-state index in [1.54, 1.807) is 14.2 Å². The molecule has 25 heavy (non-hydrogen) atoms. The molecule has 1 aliphatic heterocycles. The molecule has 0 saturated carbocycles. The lowest BCUT2D eigenvalue weighted by Gasteiger charge is -2.36. The topological polar surface area (TPSA) is 18.5 Å². The van der Waals surface area contributed by atoms with Gasteiger partial charge in [0.1, 0.15) is 11.5 Å². The largest absolute Gasteiger partial charge is 0.497 e. The van der Waals surface area contributed by atoms with Gasteiger partial charge in [0.05, 0.1) is 18.3 Å². The van der Waals surface area contributed by atoms with Crippen molar-refractivity contribution in [3.63, 3.8) is 0 Å². The zero-order valence-electron chi connectivity index (χ0n) is 15.0. The molecule has 134 valence electrons. The van der Waals surface area contributed by atoms with Crippen molar-refractivity contribution in [1.29, 1.82) is 0 Å². The molecule has 2 nitrogen and oxygen atoms in total. The lowest BCUT2D eigenvalue weighted by molar-refractivity contribution is 0.414. The summed E-state index contributed by atoms with van der Waals surface area (Å²) in [6.45, 7) is 0. The predicted octanol–water partition coefficient (Wildman–Crippen LogP) is 5.45. The Morgan fingerprint density at radius 1 is 0.880 bits per heavy atom. The molecule has 0 aliphatic carbocycles. The highest BCUT2D eigenvalue weighted by Gasteiger charge is 2.33. The summed E-state index contributed by atoms with van der Waals surface area (Å²) in [7, 11) is 3.45. The number of thioether (sulfide) groups is 2. The van der Waals surface area contributed by atoms with Crippen LogP contribution >= 0.6 is 23.5 Å². The molecule has 1 aliphatic rings. The second kappa shape index (κ2) is 8.91. The van der Waals surface area contributed by atoms with Gasteiger partial charge in [0.2, 0.25) is 0 Å². The van der Waals surface area contributed by atoms with E-state index in [1.165, 1.54) is 35.5 Å². The molecule has 3 rings (SSSR count). The van der Waals surface area contributed by atoms with Gasteiger partial charge in [0, 0.05) is 0 Å². The zero-order chi connectivity index (χ0) is 17.5. The van der Waals surface area contributed by atoms with Gasteiger partial charge < -0.3 is 9.47 Å². The minimum Gasteiger partial charge on any atom is -0.497 e. The molecule has 2 aromatic rings. The first-order chi connectivity index (χ1) is 12.2. The summed E-state index contributed by atoms with van der Waals surface area (Å²) >= 11 is 4.29. The Balaban J connectivity index is 1.71. The lowest BCUT2D eigenvalue weighted by Crippen LogP contribution is -2.28. The fourth-order valence-electron chi connectivity index (χ4n) is 3.17. The normalized spacial score (nSPS) is 16.4. The van der Waals surface area contributed by atoms with Crippen LogP contribution in [0.25, 0.3) is 0 Å². The molecule has 0 amide bonds. The van der Waals surface area contributed by atoms with Crippen molar-refractivity contribution in [2.45, 2.75) is 29.8 Å². The molecule has 1 heterocycles. The monoisotopic (exact) mass is 374 g/mol. The molecule has 0 radical (unpaired) electrons. The highest BCUT2D eigenvalue weighted by Crippen LogP contribution is 2.47. The number of rotatable bonds is 7. The Morgan fingerprint density at radius 3 is 2.28 bits per heavy atom. The Kier molecular flexibility index (Phi) is 6.60. The van der Waals surface area contributed by atoms with E-state index in [-0.39, 0.29) is 4.08 Å². The summed E-state index contributed by atoms with van der Waals surface area (Å²) in [6, 6.07) is 17.0. The summed E-state index contributed by atoms with van der Waals surface area (Å²) < 4.78 is 10.9. The molecule has 1 saturated heterocycles. The van der Waals surface area contributed by atoms with Crippen LogP contribution in [0.5, 0.6) is 11.5 Å². The molecule has 0 atom stereocenters. The van der Waals surface area contributed by atoms with Crippen LogP contribution < -0.4 is 9.47 Å². The quantitative estimate of drug-likeness (QED) is 0.641. The van der Waals surface area contributed by atoms with Gasteiger partial charge in [-0.2, -0.15) is 0 Å². The van der Waals surface area contributed by atoms with Gasteiger partial charge >= 0.3 is 0 Å². The van der Waals surface area contributed by atoms with Crippen LogP contribution in [0.4, 0.5) is 0 Å². The molecule has 0 aromatic heterocycles. The van der Waals surface area contributed by atoms with Crippen molar-refractivity contribution in [3.8, 4) is 11.5 Å². The van der Waals surface area contributed by atoms with Crippen LogP contribution in [0.15, 0.2) is 48.5 Å². The van der Waals surface area contributed by atoms with Crippen LogP contribution in [-0.2, 0) is 12.8 Å². The fourth-order valence-corrected chi connectivity index (χ4v) is 6.54. The maximum Gasteiger partial charge on any atom is 0.119 e. The van der Waals surface area contributed by atoms with E-state index in [4.69, 9.17) is 9.47 Å². The Morgan fingerprint density at radius 2 is 1.60 bits per heavy atom. The van der Waals surface area contributed by atoms with E-state index >= 15 is 0 Å². The lowest BCUT2D eigenvalue weighted by atomic mass is 10.0. The predicted molar refractivity (Wildman–Crippen MR) is 110 cm³/mol. The number of hydrogen-bond acceptors (Lipinski definition) is 4. The molecule has 4 heteroatoms.